The second kappa shape index (κ2) is 8.75. The van der Waals surface area contributed by atoms with E-state index in [1.54, 1.807) is 12.1 Å². The molecule has 29 heavy (non-hydrogen) atoms. The molecule has 0 aliphatic carbocycles. The number of ketones is 1. The van der Waals surface area contributed by atoms with Gasteiger partial charge < -0.3 is 9.84 Å². The number of carboxylic acid groups (broad SMARTS) is 1. The first-order valence-electron chi connectivity index (χ1n) is 8.10. The smallest absolute Gasteiger partial charge is 0.344 e. The van der Waals surface area contributed by atoms with E-state index in [-0.39, 0.29) is 26.9 Å². The second-order valence-electron chi connectivity index (χ2n) is 5.96. The quantitative estimate of drug-likeness (QED) is 0.425. The van der Waals surface area contributed by atoms with Crippen LogP contribution in [0.4, 0.5) is 0 Å². The number of carbonyl (C=O) groups excluding carboxylic acids is 1. The Morgan fingerprint density at radius 2 is 1.83 bits per heavy atom. The van der Waals surface area contributed by atoms with Crippen molar-refractivity contribution < 1.29 is 19.4 Å². The largest absolute Gasteiger partial charge is 0.479 e. The molecule has 6 nitrogen and oxygen atoms in total. The zero-order chi connectivity index (χ0) is 21.3. The predicted octanol–water partition coefficient (Wildman–Crippen LogP) is 5.68. The van der Waals surface area contributed by atoms with Crippen LogP contribution in [0, 0.1) is 0 Å². The number of rotatable bonds is 6. The lowest BCUT2D eigenvalue weighted by Gasteiger charge is -2.14. The summed E-state index contributed by atoms with van der Waals surface area (Å²) in [4.78, 5) is 24.2. The number of hydrogen-bond acceptors (Lipinski definition) is 4. The lowest BCUT2D eigenvalue weighted by Crippen LogP contribution is -2.23. The van der Waals surface area contributed by atoms with Crippen molar-refractivity contribution in [3.8, 4) is 11.4 Å². The van der Waals surface area contributed by atoms with Gasteiger partial charge in [-0.2, -0.15) is 5.10 Å². The molecule has 10 heteroatoms. The molecule has 0 aliphatic heterocycles. The third kappa shape index (κ3) is 4.75. The fourth-order valence-corrected chi connectivity index (χ4v) is 3.85. The predicted molar refractivity (Wildman–Crippen MR) is 114 cm³/mol. The summed E-state index contributed by atoms with van der Waals surface area (Å²) in [6, 6.07) is 7.75. The van der Waals surface area contributed by atoms with Gasteiger partial charge in [0.05, 0.1) is 27.4 Å². The van der Waals surface area contributed by atoms with E-state index in [4.69, 9.17) is 44.6 Å². The maximum atomic E-state index is 13.1. The summed E-state index contributed by atoms with van der Waals surface area (Å²) >= 11 is 21.7. The number of benzene rings is 2. The van der Waals surface area contributed by atoms with Crippen LogP contribution >= 0.6 is 50.7 Å². The SMILES string of the molecule is CC(Oc1ccc(Br)cc1C(=O)c1cnn(-c2c(Cl)cc(Cl)cc2Cl)c1)C(=O)O. The molecule has 3 rings (SSSR count). The van der Waals surface area contributed by atoms with Gasteiger partial charge in [-0.15, -0.1) is 0 Å². The molecule has 1 N–H and O–H groups in total. The molecule has 0 radical (unpaired) electrons. The Morgan fingerprint density at radius 3 is 2.45 bits per heavy atom. The molecule has 0 bridgehead atoms. The van der Waals surface area contributed by atoms with Gasteiger partial charge in [0.15, 0.2) is 11.9 Å². The van der Waals surface area contributed by atoms with Crippen LogP contribution in [-0.2, 0) is 4.79 Å². The molecule has 1 aromatic heterocycles. The first-order valence-corrected chi connectivity index (χ1v) is 10.0. The Morgan fingerprint density at radius 1 is 1.17 bits per heavy atom. The van der Waals surface area contributed by atoms with E-state index < -0.39 is 17.9 Å². The molecule has 0 saturated heterocycles. The zero-order valence-electron chi connectivity index (χ0n) is 14.7. The van der Waals surface area contributed by atoms with Crippen molar-refractivity contribution in [1.82, 2.24) is 9.78 Å². The summed E-state index contributed by atoms with van der Waals surface area (Å²) in [6.45, 7) is 1.38. The fourth-order valence-electron chi connectivity index (χ4n) is 2.49. The lowest BCUT2D eigenvalue weighted by molar-refractivity contribution is -0.144. The van der Waals surface area contributed by atoms with Gasteiger partial charge in [0.1, 0.15) is 11.4 Å². The van der Waals surface area contributed by atoms with Crippen molar-refractivity contribution in [1.29, 1.82) is 0 Å². The van der Waals surface area contributed by atoms with Crippen LogP contribution in [0.25, 0.3) is 5.69 Å². The number of aliphatic carboxylic acids is 1. The minimum absolute atomic E-state index is 0.142. The maximum absolute atomic E-state index is 13.1. The van der Waals surface area contributed by atoms with Crippen LogP contribution in [0.2, 0.25) is 15.1 Å². The van der Waals surface area contributed by atoms with E-state index in [2.05, 4.69) is 21.0 Å². The van der Waals surface area contributed by atoms with Crippen LogP contribution in [0.1, 0.15) is 22.8 Å². The number of halogens is 4. The van der Waals surface area contributed by atoms with Crippen molar-refractivity contribution in [2.45, 2.75) is 13.0 Å². The summed E-state index contributed by atoms with van der Waals surface area (Å²) in [5.41, 5.74) is 0.792. The molecule has 0 fully saturated rings. The Balaban J connectivity index is 1.99. The summed E-state index contributed by atoms with van der Waals surface area (Å²) in [6.07, 6.45) is 1.70. The number of ether oxygens (including phenoxy) is 1. The molecular formula is C19H12BrCl3N2O4. The highest BCUT2D eigenvalue weighted by Crippen LogP contribution is 2.32. The molecule has 0 saturated carbocycles. The Kier molecular flexibility index (Phi) is 6.53. The van der Waals surface area contributed by atoms with Gasteiger partial charge in [-0.05, 0) is 37.3 Å². The molecule has 0 aliphatic rings. The number of carboxylic acids is 1. The van der Waals surface area contributed by atoms with Crippen LogP contribution in [0.5, 0.6) is 5.75 Å². The minimum Gasteiger partial charge on any atom is -0.479 e. The average molecular weight is 519 g/mol. The summed E-state index contributed by atoms with van der Waals surface area (Å²) < 4.78 is 7.42. The Labute approximate surface area is 189 Å². The van der Waals surface area contributed by atoms with Crippen molar-refractivity contribution in [2.24, 2.45) is 0 Å². The first-order chi connectivity index (χ1) is 13.7. The third-order valence-corrected chi connectivity index (χ3v) is 5.18. The molecule has 3 aromatic rings. The molecule has 1 heterocycles. The highest BCUT2D eigenvalue weighted by molar-refractivity contribution is 9.10. The average Bonchev–Trinajstić information content (AvgIpc) is 3.11. The molecule has 1 unspecified atom stereocenters. The molecule has 1 atom stereocenters. The van der Waals surface area contributed by atoms with Gasteiger partial charge in [-0.1, -0.05) is 50.7 Å². The maximum Gasteiger partial charge on any atom is 0.344 e. The van der Waals surface area contributed by atoms with E-state index in [1.807, 2.05) is 0 Å². The highest BCUT2D eigenvalue weighted by Gasteiger charge is 2.22. The van der Waals surface area contributed by atoms with Crippen molar-refractivity contribution >= 4 is 62.5 Å². The minimum atomic E-state index is -1.15. The van der Waals surface area contributed by atoms with Gasteiger partial charge in [-0.3, -0.25) is 4.79 Å². The molecule has 150 valence electrons. The van der Waals surface area contributed by atoms with E-state index >= 15 is 0 Å². The number of carbonyl (C=O) groups is 2. The van der Waals surface area contributed by atoms with Gasteiger partial charge >= 0.3 is 5.97 Å². The fraction of sp³-hybridized carbons (Fsp3) is 0.105. The second-order valence-corrected chi connectivity index (χ2v) is 8.13. The first kappa shape index (κ1) is 21.6. The molecule has 0 amide bonds. The third-order valence-electron chi connectivity index (χ3n) is 3.89. The summed E-state index contributed by atoms with van der Waals surface area (Å²) in [5, 5.41) is 14.2. The number of hydrogen-bond donors (Lipinski definition) is 1. The van der Waals surface area contributed by atoms with Crippen molar-refractivity contribution in [2.75, 3.05) is 0 Å². The zero-order valence-corrected chi connectivity index (χ0v) is 18.6. The normalized spacial score (nSPS) is 11.9. The van der Waals surface area contributed by atoms with E-state index in [0.717, 1.165) is 0 Å². The van der Waals surface area contributed by atoms with Gasteiger partial charge in [-0.25, -0.2) is 9.48 Å². The number of aromatic nitrogens is 2. The van der Waals surface area contributed by atoms with Crippen molar-refractivity contribution in [3.05, 3.63) is 73.4 Å². The number of nitrogens with zero attached hydrogens (tertiary/aromatic N) is 2. The van der Waals surface area contributed by atoms with Gasteiger partial charge in [0, 0.05) is 15.7 Å². The molecular weight excluding hydrogens is 506 g/mol. The monoisotopic (exact) mass is 516 g/mol. The van der Waals surface area contributed by atoms with Crippen LogP contribution in [-0.4, -0.2) is 32.7 Å². The molecule has 0 spiro atoms. The lowest BCUT2D eigenvalue weighted by atomic mass is 10.1. The van der Waals surface area contributed by atoms with E-state index in [9.17, 15) is 9.59 Å². The van der Waals surface area contributed by atoms with Gasteiger partial charge in [0.25, 0.3) is 0 Å². The Hall–Kier alpha value is -2.06. The van der Waals surface area contributed by atoms with Crippen LogP contribution < -0.4 is 4.74 Å². The van der Waals surface area contributed by atoms with Crippen LogP contribution in [0.15, 0.2) is 47.2 Å². The summed E-state index contributed by atoms with van der Waals surface area (Å²) in [7, 11) is 0. The molecule has 2 aromatic carbocycles. The van der Waals surface area contributed by atoms with E-state index in [1.165, 1.54) is 42.2 Å². The highest BCUT2D eigenvalue weighted by atomic mass is 79.9. The Bertz CT molecular complexity index is 1090. The van der Waals surface area contributed by atoms with Gasteiger partial charge in [0.2, 0.25) is 0 Å². The van der Waals surface area contributed by atoms with Crippen molar-refractivity contribution in [3.63, 3.8) is 0 Å². The van der Waals surface area contributed by atoms with E-state index in [0.29, 0.717) is 15.2 Å². The standard InChI is InChI=1S/C19H12BrCl3N2O4/c1-9(19(27)28)29-16-3-2-11(20)4-13(16)18(26)10-7-24-25(8-10)17-14(22)5-12(21)6-15(17)23/h2-9H,1H3,(H,27,28). The topological polar surface area (TPSA) is 81.4 Å². The summed E-state index contributed by atoms with van der Waals surface area (Å²) in [5.74, 6) is -1.42. The van der Waals surface area contributed by atoms with Crippen LogP contribution in [0.3, 0.4) is 0 Å².